The minimum atomic E-state index is -0.823. The summed E-state index contributed by atoms with van der Waals surface area (Å²) in [6.45, 7) is 5.85. The molecule has 0 bridgehead atoms. The molecule has 3 amide bonds. The quantitative estimate of drug-likeness (QED) is 0.442. The molecular formula is C27H39N3O5. The van der Waals surface area contributed by atoms with Crippen LogP contribution in [0.5, 0.6) is 5.75 Å². The predicted octanol–water partition coefficient (Wildman–Crippen LogP) is 2.83. The first-order chi connectivity index (χ1) is 16.8. The Morgan fingerprint density at radius 1 is 1.14 bits per heavy atom. The molecule has 0 aromatic heterocycles. The summed E-state index contributed by atoms with van der Waals surface area (Å²) in [6, 6.07) is 5.66. The number of carbonyl (C=O) groups excluding carboxylic acids is 3. The molecule has 0 saturated carbocycles. The van der Waals surface area contributed by atoms with E-state index in [2.05, 4.69) is 17.6 Å². The molecule has 35 heavy (non-hydrogen) atoms. The lowest BCUT2D eigenvalue weighted by Crippen LogP contribution is -2.51. The number of ether oxygens (including phenoxy) is 1. The van der Waals surface area contributed by atoms with Crippen LogP contribution in [0.25, 0.3) is 0 Å². The first-order valence-electron chi connectivity index (χ1n) is 12.5. The summed E-state index contributed by atoms with van der Waals surface area (Å²) < 4.78 is 5.19. The van der Waals surface area contributed by atoms with Crippen molar-refractivity contribution in [2.24, 2.45) is 29.6 Å². The van der Waals surface area contributed by atoms with Gasteiger partial charge in [0.15, 0.2) is 0 Å². The van der Waals surface area contributed by atoms with Crippen LogP contribution in [0.1, 0.15) is 40.0 Å². The van der Waals surface area contributed by atoms with Gasteiger partial charge in [-0.1, -0.05) is 39.3 Å². The summed E-state index contributed by atoms with van der Waals surface area (Å²) in [4.78, 5) is 42.2. The average Bonchev–Trinajstić information content (AvgIpc) is 3.14. The Bertz CT molecular complexity index is 929. The van der Waals surface area contributed by atoms with E-state index >= 15 is 0 Å². The standard InChI is InChI=1S/C27H39N3O5/c1-6-7-17-8-13-21-23(22(17)25(32)28-4)27(34)30(19(15-31)14-16(2)3)24(21)26(33)29-18-9-11-20(35-5)12-10-18/h8-13,16-17,19,21-24,31H,6-7,14-15H2,1-5H3,(H,28,32)(H,29,33)/t17-,19-,21+,22-,23+,24+/m1/s1. The van der Waals surface area contributed by atoms with Crippen LogP contribution in [0, 0.1) is 29.6 Å². The molecule has 8 nitrogen and oxygen atoms in total. The van der Waals surface area contributed by atoms with Gasteiger partial charge in [-0.15, -0.1) is 0 Å². The fraction of sp³-hybridized carbons (Fsp3) is 0.593. The summed E-state index contributed by atoms with van der Waals surface area (Å²) in [7, 11) is 3.16. The number of hydrogen-bond acceptors (Lipinski definition) is 5. The molecule has 1 fully saturated rings. The maximum atomic E-state index is 14.0. The summed E-state index contributed by atoms with van der Waals surface area (Å²) in [5.74, 6) is -1.60. The number of carbonyl (C=O) groups is 3. The zero-order valence-corrected chi connectivity index (χ0v) is 21.4. The number of likely N-dealkylation sites (tertiary alicyclic amines) is 1. The van der Waals surface area contributed by atoms with Gasteiger partial charge in [-0.3, -0.25) is 14.4 Å². The van der Waals surface area contributed by atoms with Crippen LogP contribution in [-0.2, 0) is 14.4 Å². The van der Waals surface area contributed by atoms with E-state index in [1.54, 1.807) is 43.3 Å². The third-order valence-corrected chi connectivity index (χ3v) is 7.19. The van der Waals surface area contributed by atoms with Gasteiger partial charge in [-0.25, -0.2) is 0 Å². The number of aliphatic hydroxyl groups is 1. The smallest absolute Gasteiger partial charge is 0.247 e. The first kappa shape index (κ1) is 26.7. The number of hydrogen-bond donors (Lipinski definition) is 3. The summed E-state index contributed by atoms with van der Waals surface area (Å²) in [6.07, 6.45) is 6.17. The van der Waals surface area contributed by atoms with Crippen molar-refractivity contribution < 1.29 is 24.2 Å². The topological polar surface area (TPSA) is 108 Å². The van der Waals surface area contributed by atoms with Crippen LogP contribution >= 0.6 is 0 Å². The molecule has 1 heterocycles. The molecule has 1 aliphatic heterocycles. The number of methoxy groups -OCH3 is 1. The molecule has 1 aromatic rings. The van der Waals surface area contributed by atoms with E-state index < -0.39 is 29.8 Å². The predicted molar refractivity (Wildman–Crippen MR) is 135 cm³/mol. The molecule has 2 aliphatic rings. The Kier molecular flexibility index (Phi) is 8.94. The maximum absolute atomic E-state index is 14.0. The van der Waals surface area contributed by atoms with Crippen LogP contribution in [0.3, 0.4) is 0 Å². The fourth-order valence-electron chi connectivity index (χ4n) is 5.68. The summed E-state index contributed by atoms with van der Waals surface area (Å²) in [5, 5.41) is 15.9. The van der Waals surface area contributed by atoms with Crippen molar-refractivity contribution in [2.75, 3.05) is 26.1 Å². The van der Waals surface area contributed by atoms with Crippen molar-refractivity contribution in [1.29, 1.82) is 0 Å². The molecule has 192 valence electrons. The van der Waals surface area contributed by atoms with Gasteiger partial charge in [-0.2, -0.15) is 0 Å². The third kappa shape index (κ3) is 5.53. The highest BCUT2D eigenvalue weighted by Crippen LogP contribution is 2.46. The fourth-order valence-corrected chi connectivity index (χ4v) is 5.68. The Morgan fingerprint density at radius 2 is 1.83 bits per heavy atom. The van der Waals surface area contributed by atoms with E-state index in [4.69, 9.17) is 4.74 Å². The van der Waals surface area contributed by atoms with Gasteiger partial charge in [0.2, 0.25) is 17.7 Å². The van der Waals surface area contributed by atoms with Crippen LogP contribution in [0.4, 0.5) is 5.69 Å². The zero-order valence-electron chi connectivity index (χ0n) is 21.4. The van der Waals surface area contributed by atoms with Gasteiger partial charge in [0.05, 0.1) is 31.6 Å². The van der Waals surface area contributed by atoms with Crippen LogP contribution in [0.15, 0.2) is 36.4 Å². The van der Waals surface area contributed by atoms with Crippen molar-refractivity contribution in [3.63, 3.8) is 0 Å². The Labute approximate surface area is 208 Å². The average molecular weight is 486 g/mol. The van der Waals surface area contributed by atoms with Gasteiger partial charge < -0.3 is 25.4 Å². The Morgan fingerprint density at radius 3 is 2.37 bits per heavy atom. The van der Waals surface area contributed by atoms with Crippen molar-refractivity contribution in [3.8, 4) is 5.75 Å². The highest BCUT2D eigenvalue weighted by molar-refractivity contribution is 6.02. The van der Waals surface area contributed by atoms with E-state index in [1.165, 1.54) is 0 Å². The molecule has 6 atom stereocenters. The van der Waals surface area contributed by atoms with E-state index in [-0.39, 0.29) is 36.2 Å². The number of fused-ring (bicyclic) bond motifs is 1. The Hall–Kier alpha value is -2.87. The van der Waals surface area contributed by atoms with E-state index in [9.17, 15) is 19.5 Å². The van der Waals surface area contributed by atoms with Gasteiger partial charge in [0, 0.05) is 18.7 Å². The number of nitrogens with one attached hydrogen (secondary N) is 2. The molecule has 3 rings (SSSR count). The molecule has 1 saturated heterocycles. The SMILES string of the molecule is CCC[C@@H]1C=C[C@H]2[C@H](C(=O)N([C@@H](CO)CC(C)C)[C@@H]2C(=O)Nc2ccc(OC)cc2)[C@@H]1C(=O)NC. The number of allylic oxidation sites excluding steroid dienone is 1. The lowest BCUT2D eigenvalue weighted by atomic mass is 9.68. The molecule has 0 radical (unpaired) electrons. The van der Waals surface area contributed by atoms with Crippen molar-refractivity contribution in [3.05, 3.63) is 36.4 Å². The van der Waals surface area contributed by atoms with Gasteiger partial charge in [0.1, 0.15) is 11.8 Å². The van der Waals surface area contributed by atoms with E-state index in [0.717, 1.165) is 12.8 Å². The minimum Gasteiger partial charge on any atom is -0.497 e. The minimum absolute atomic E-state index is 0.0759. The second-order valence-electron chi connectivity index (χ2n) is 9.95. The number of benzene rings is 1. The number of aliphatic hydroxyl groups excluding tert-OH is 1. The second kappa shape index (κ2) is 11.7. The molecule has 8 heteroatoms. The molecule has 1 aromatic carbocycles. The number of nitrogens with zero attached hydrogens (tertiary/aromatic N) is 1. The highest BCUT2D eigenvalue weighted by atomic mass is 16.5. The maximum Gasteiger partial charge on any atom is 0.247 e. The number of amides is 3. The first-order valence-corrected chi connectivity index (χ1v) is 12.5. The molecule has 1 aliphatic carbocycles. The van der Waals surface area contributed by atoms with Gasteiger partial charge in [0.25, 0.3) is 0 Å². The van der Waals surface area contributed by atoms with Gasteiger partial charge >= 0.3 is 0 Å². The second-order valence-corrected chi connectivity index (χ2v) is 9.95. The molecule has 0 spiro atoms. The normalized spacial score (nSPS) is 26.4. The lowest BCUT2D eigenvalue weighted by molar-refractivity contribution is -0.143. The van der Waals surface area contributed by atoms with E-state index in [0.29, 0.717) is 17.9 Å². The Balaban J connectivity index is 2.02. The van der Waals surface area contributed by atoms with Crippen molar-refractivity contribution in [1.82, 2.24) is 10.2 Å². The van der Waals surface area contributed by atoms with Crippen molar-refractivity contribution >= 4 is 23.4 Å². The van der Waals surface area contributed by atoms with Crippen LogP contribution in [-0.4, -0.2) is 60.6 Å². The lowest BCUT2D eigenvalue weighted by Gasteiger charge is -2.34. The molecular weight excluding hydrogens is 446 g/mol. The number of rotatable bonds is 10. The van der Waals surface area contributed by atoms with Gasteiger partial charge in [-0.05, 0) is 48.9 Å². The number of anilines is 1. The van der Waals surface area contributed by atoms with Crippen molar-refractivity contribution in [2.45, 2.75) is 52.1 Å². The van der Waals surface area contributed by atoms with Crippen LogP contribution < -0.4 is 15.4 Å². The highest BCUT2D eigenvalue weighted by Gasteiger charge is 2.58. The third-order valence-electron chi connectivity index (χ3n) is 7.19. The molecule has 3 N–H and O–H groups in total. The summed E-state index contributed by atoms with van der Waals surface area (Å²) >= 11 is 0. The largest absolute Gasteiger partial charge is 0.497 e. The van der Waals surface area contributed by atoms with E-state index in [1.807, 2.05) is 26.0 Å². The zero-order chi connectivity index (χ0) is 25.7. The monoisotopic (exact) mass is 485 g/mol. The van der Waals surface area contributed by atoms with Crippen LogP contribution in [0.2, 0.25) is 0 Å². The molecule has 0 unspecified atom stereocenters. The summed E-state index contributed by atoms with van der Waals surface area (Å²) in [5.41, 5.74) is 0.586.